The minimum absolute atomic E-state index is 0.0115. The number of hydrogen-bond donors (Lipinski definition) is 3. The smallest absolute Gasteiger partial charge is 0.234 e. The molecular weight excluding hydrogens is 485 g/mol. The molecule has 1 amide bonds. The maximum absolute atomic E-state index is 13.9. The summed E-state index contributed by atoms with van der Waals surface area (Å²) in [7, 11) is 0. The molecule has 2 aromatic carbocycles. The first kappa shape index (κ1) is 21.1. The highest BCUT2D eigenvalue weighted by Crippen LogP contribution is 2.25. The van der Waals surface area contributed by atoms with Crippen molar-refractivity contribution in [1.29, 1.82) is 0 Å². The third kappa shape index (κ3) is 4.78. The van der Waals surface area contributed by atoms with Crippen LogP contribution in [0.5, 0.6) is 0 Å². The first-order valence-corrected chi connectivity index (χ1v) is 10.9. The van der Waals surface area contributed by atoms with Gasteiger partial charge in [0.15, 0.2) is 0 Å². The molecule has 2 aromatic heterocycles. The van der Waals surface area contributed by atoms with Crippen molar-refractivity contribution < 1.29 is 9.18 Å². The minimum atomic E-state index is -0.527. The van der Waals surface area contributed by atoms with E-state index in [1.54, 1.807) is 6.07 Å². The van der Waals surface area contributed by atoms with Gasteiger partial charge < -0.3 is 11.2 Å². The maximum Gasteiger partial charge on any atom is 0.234 e. The normalized spacial score (nSPS) is 10.9. The molecule has 0 spiro atoms. The number of aryl methyl sites for hydroxylation is 1. The lowest BCUT2D eigenvalue weighted by atomic mass is 10.1. The summed E-state index contributed by atoms with van der Waals surface area (Å²) in [5, 5.41) is 18.2. The van der Waals surface area contributed by atoms with Crippen molar-refractivity contribution in [2.24, 2.45) is 0 Å². The Morgan fingerprint density at radius 1 is 1.23 bits per heavy atom. The second-order valence-corrected chi connectivity index (χ2v) is 8.53. The molecule has 0 bridgehead atoms. The first-order chi connectivity index (χ1) is 14.9. The Morgan fingerprint density at radius 2 is 2.00 bits per heavy atom. The molecule has 4 aromatic rings. The SMILES string of the molecule is Cc1ccc(-c2cc(-c3nnc(SCC(=O)Nc4ccc(Br)cc4F)n3N)[nH]n2)cc1. The number of benzene rings is 2. The molecule has 0 aliphatic heterocycles. The quantitative estimate of drug-likeness (QED) is 0.271. The van der Waals surface area contributed by atoms with Crippen molar-refractivity contribution >= 4 is 39.3 Å². The van der Waals surface area contributed by atoms with E-state index in [2.05, 4.69) is 41.6 Å². The number of carbonyl (C=O) groups is 1. The highest BCUT2D eigenvalue weighted by Gasteiger charge is 2.17. The van der Waals surface area contributed by atoms with E-state index in [-0.39, 0.29) is 17.3 Å². The largest absolute Gasteiger partial charge is 0.335 e. The predicted octanol–water partition coefficient (Wildman–Crippen LogP) is 3.99. The number of aromatic nitrogens is 5. The molecule has 0 unspecified atom stereocenters. The molecule has 4 rings (SSSR count). The van der Waals surface area contributed by atoms with Gasteiger partial charge in [0, 0.05) is 10.0 Å². The van der Waals surface area contributed by atoms with E-state index >= 15 is 0 Å². The zero-order chi connectivity index (χ0) is 22.0. The highest BCUT2D eigenvalue weighted by atomic mass is 79.9. The number of halogens is 2. The van der Waals surface area contributed by atoms with Crippen LogP contribution < -0.4 is 11.2 Å². The number of hydrogen-bond acceptors (Lipinski definition) is 6. The van der Waals surface area contributed by atoms with E-state index in [4.69, 9.17) is 5.84 Å². The predicted molar refractivity (Wildman–Crippen MR) is 121 cm³/mol. The molecule has 31 heavy (non-hydrogen) atoms. The van der Waals surface area contributed by atoms with Crippen molar-refractivity contribution in [3.63, 3.8) is 0 Å². The number of amides is 1. The fraction of sp³-hybridized carbons (Fsp3) is 0.100. The van der Waals surface area contributed by atoms with Crippen LogP contribution in [0.3, 0.4) is 0 Å². The molecule has 0 saturated carbocycles. The Kier molecular flexibility index (Phi) is 6.05. The minimum Gasteiger partial charge on any atom is -0.335 e. The summed E-state index contributed by atoms with van der Waals surface area (Å²) in [6.45, 7) is 2.02. The summed E-state index contributed by atoms with van der Waals surface area (Å²) in [5.41, 5.74) is 3.57. The third-order valence-electron chi connectivity index (χ3n) is 4.37. The molecule has 0 radical (unpaired) electrons. The Labute approximate surface area is 189 Å². The van der Waals surface area contributed by atoms with Crippen LogP contribution in [0.15, 0.2) is 58.2 Å². The number of anilines is 1. The summed E-state index contributed by atoms with van der Waals surface area (Å²) in [6, 6.07) is 14.2. The van der Waals surface area contributed by atoms with Crippen LogP contribution in [0.25, 0.3) is 22.8 Å². The molecule has 0 aliphatic carbocycles. The van der Waals surface area contributed by atoms with E-state index in [0.717, 1.165) is 28.6 Å². The van der Waals surface area contributed by atoms with Gasteiger partial charge in [-0.05, 0) is 31.2 Å². The van der Waals surface area contributed by atoms with Crippen molar-refractivity contribution in [3.05, 3.63) is 64.4 Å². The Balaban J connectivity index is 1.42. The van der Waals surface area contributed by atoms with Crippen LogP contribution in [0.1, 0.15) is 5.56 Å². The fourth-order valence-electron chi connectivity index (χ4n) is 2.77. The Hall–Kier alpha value is -3.18. The van der Waals surface area contributed by atoms with Crippen LogP contribution in [-0.4, -0.2) is 36.7 Å². The first-order valence-electron chi connectivity index (χ1n) is 9.12. The van der Waals surface area contributed by atoms with Gasteiger partial charge in [-0.1, -0.05) is 57.5 Å². The van der Waals surface area contributed by atoms with E-state index < -0.39 is 5.82 Å². The monoisotopic (exact) mass is 501 g/mol. The van der Waals surface area contributed by atoms with Crippen molar-refractivity contribution in [3.8, 4) is 22.8 Å². The maximum atomic E-state index is 13.9. The average Bonchev–Trinajstić information content (AvgIpc) is 3.36. The molecule has 4 N–H and O–H groups in total. The number of thioether (sulfide) groups is 1. The molecule has 0 atom stereocenters. The summed E-state index contributed by atoms with van der Waals surface area (Å²) in [6.07, 6.45) is 0. The summed E-state index contributed by atoms with van der Waals surface area (Å²) >= 11 is 4.27. The number of nitrogens with zero attached hydrogens (tertiary/aromatic N) is 4. The number of H-pyrrole nitrogens is 1. The third-order valence-corrected chi connectivity index (χ3v) is 5.80. The molecule has 8 nitrogen and oxygen atoms in total. The lowest BCUT2D eigenvalue weighted by Crippen LogP contribution is -2.17. The van der Waals surface area contributed by atoms with E-state index in [0.29, 0.717) is 21.1 Å². The van der Waals surface area contributed by atoms with Gasteiger partial charge in [0.05, 0.1) is 17.1 Å². The fourth-order valence-corrected chi connectivity index (χ4v) is 3.76. The molecule has 2 heterocycles. The van der Waals surface area contributed by atoms with Crippen molar-refractivity contribution in [1.82, 2.24) is 25.1 Å². The van der Waals surface area contributed by atoms with Gasteiger partial charge in [-0.15, -0.1) is 10.2 Å². The van der Waals surface area contributed by atoms with Gasteiger partial charge in [0.1, 0.15) is 11.5 Å². The van der Waals surface area contributed by atoms with Gasteiger partial charge in [-0.25, -0.2) is 9.07 Å². The van der Waals surface area contributed by atoms with Crippen molar-refractivity contribution in [2.45, 2.75) is 12.1 Å². The molecule has 0 fully saturated rings. The summed E-state index contributed by atoms with van der Waals surface area (Å²) in [4.78, 5) is 12.2. The van der Waals surface area contributed by atoms with Gasteiger partial charge in [-0.3, -0.25) is 9.89 Å². The lowest BCUT2D eigenvalue weighted by molar-refractivity contribution is -0.113. The number of nitrogen functional groups attached to an aromatic ring is 1. The molecular formula is C20H17BrFN7OS. The number of aromatic amines is 1. The summed E-state index contributed by atoms with van der Waals surface area (Å²) in [5.74, 6) is 5.56. The average molecular weight is 502 g/mol. The number of nitrogens with two attached hydrogens (primary N) is 1. The van der Waals surface area contributed by atoms with E-state index in [9.17, 15) is 9.18 Å². The molecule has 158 valence electrons. The van der Waals surface area contributed by atoms with E-state index in [1.165, 1.54) is 16.8 Å². The van der Waals surface area contributed by atoms with Crippen LogP contribution >= 0.6 is 27.7 Å². The van der Waals surface area contributed by atoms with E-state index in [1.807, 2.05) is 37.3 Å². The van der Waals surface area contributed by atoms with Crippen LogP contribution in [0.4, 0.5) is 10.1 Å². The molecule has 0 aliphatic rings. The second kappa shape index (κ2) is 8.90. The Morgan fingerprint density at radius 3 is 2.74 bits per heavy atom. The zero-order valence-electron chi connectivity index (χ0n) is 16.3. The van der Waals surface area contributed by atoms with Crippen LogP contribution in [0.2, 0.25) is 0 Å². The molecule has 0 saturated heterocycles. The van der Waals surface area contributed by atoms with Crippen LogP contribution in [0, 0.1) is 12.7 Å². The number of nitrogens with one attached hydrogen (secondary N) is 2. The molecule has 11 heteroatoms. The van der Waals surface area contributed by atoms with Gasteiger partial charge in [0.2, 0.25) is 16.9 Å². The summed E-state index contributed by atoms with van der Waals surface area (Å²) < 4.78 is 15.7. The topological polar surface area (TPSA) is 115 Å². The highest BCUT2D eigenvalue weighted by molar-refractivity contribution is 9.10. The van der Waals surface area contributed by atoms with Crippen LogP contribution in [-0.2, 0) is 4.79 Å². The zero-order valence-corrected chi connectivity index (χ0v) is 18.7. The second-order valence-electron chi connectivity index (χ2n) is 6.67. The van der Waals surface area contributed by atoms with Crippen molar-refractivity contribution in [2.75, 3.05) is 16.9 Å². The number of rotatable bonds is 6. The number of carbonyl (C=O) groups excluding carboxylic acids is 1. The van der Waals surface area contributed by atoms with Gasteiger partial charge in [0.25, 0.3) is 0 Å². The lowest BCUT2D eigenvalue weighted by Gasteiger charge is -2.06. The Bertz CT molecular complexity index is 1240. The standard InChI is InChI=1S/C20H17BrFN7OS/c1-11-2-4-12(5-3-11)16-9-17(26-25-16)19-27-28-20(29(19)23)31-10-18(30)24-15-7-6-13(21)8-14(15)22/h2-9H,10,23H2,1H3,(H,24,30)(H,25,26). The van der Waals surface area contributed by atoms with Gasteiger partial charge >= 0.3 is 0 Å². The van der Waals surface area contributed by atoms with Gasteiger partial charge in [-0.2, -0.15) is 5.10 Å².